The molecule has 1 aliphatic heterocycles. The van der Waals surface area contributed by atoms with Gasteiger partial charge in [-0.25, -0.2) is 0 Å². The van der Waals surface area contributed by atoms with E-state index in [-0.39, 0.29) is 0 Å². The smallest absolute Gasteiger partial charge is 0.0642 e. The monoisotopic (exact) mass is 249 g/mol. The van der Waals surface area contributed by atoms with E-state index in [9.17, 15) is 0 Å². The molecule has 0 saturated carbocycles. The van der Waals surface area contributed by atoms with E-state index < -0.39 is 0 Å². The first-order chi connectivity index (χ1) is 8.35. The molecule has 0 spiro atoms. The molecule has 0 radical (unpaired) electrons. The van der Waals surface area contributed by atoms with E-state index in [2.05, 4.69) is 35.3 Å². The van der Waals surface area contributed by atoms with Gasteiger partial charge < -0.3 is 5.32 Å². The maximum Gasteiger partial charge on any atom is 0.0642 e. The van der Waals surface area contributed by atoms with Crippen LogP contribution >= 0.6 is 11.3 Å². The molecule has 2 heterocycles. The zero-order chi connectivity index (χ0) is 12.1. The van der Waals surface area contributed by atoms with Crippen LogP contribution in [-0.4, -0.2) is 31.1 Å². The van der Waals surface area contributed by atoms with Gasteiger partial charge in [-0.1, -0.05) is 6.92 Å². The molecule has 3 nitrogen and oxygen atoms in total. The van der Waals surface area contributed by atoms with Crippen LogP contribution in [-0.2, 0) is 6.42 Å². The molecular weight excluding hydrogens is 230 g/mol. The lowest BCUT2D eigenvalue weighted by Crippen LogP contribution is -2.44. The van der Waals surface area contributed by atoms with Gasteiger partial charge in [0, 0.05) is 35.9 Å². The Kier molecular flexibility index (Phi) is 4.55. The van der Waals surface area contributed by atoms with Crippen LogP contribution in [0.4, 0.5) is 0 Å². The standard InChI is InChI=1S/C13H19N3S/c1-2-11-3-4-13(17-11)12(5-6-14)16-9-7-15-8-10-16/h3-4,12,15H,2,5,7-10H2,1H3/t12-/m1/s1. The number of nitriles is 1. The molecule has 2 rings (SSSR count). The summed E-state index contributed by atoms with van der Waals surface area (Å²) in [6.07, 6.45) is 1.69. The lowest BCUT2D eigenvalue weighted by molar-refractivity contribution is 0.178. The summed E-state index contributed by atoms with van der Waals surface area (Å²) < 4.78 is 0. The molecule has 1 aromatic rings. The molecule has 17 heavy (non-hydrogen) atoms. The van der Waals surface area contributed by atoms with E-state index in [1.165, 1.54) is 9.75 Å². The Bertz CT molecular complexity index is 388. The molecule has 92 valence electrons. The van der Waals surface area contributed by atoms with Gasteiger partial charge in [0.05, 0.1) is 18.5 Å². The van der Waals surface area contributed by atoms with E-state index in [1.807, 2.05) is 11.3 Å². The van der Waals surface area contributed by atoms with Gasteiger partial charge in [0.1, 0.15) is 0 Å². The van der Waals surface area contributed by atoms with Gasteiger partial charge in [-0.15, -0.1) is 11.3 Å². The number of thiophene rings is 1. The predicted molar refractivity (Wildman–Crippen MR) is 71.1 cm³/mol. The van der Waals surface area contributed by atoms with Crippen molar-refractivity contribution in [2.75, 3.05) is 26.2 Å². The third kappa shape index (κ3) is 3.06. The Morgan fingerprint density at radius 2 is 2.24 bits per heavy atom. The summed E-state index contributed by atoms with van der Waals surface area (Å²) in [6.45, 7) is 6.35. The third-order valence-corrected chi connectivity index (χ3v) is 4.57. The van der Waals surface area contributed by atoms with Crippen molar-refractivity contribution in [2.45, 2.75) is 25.8 Å². The van der Waals surface area contributed by atoms with E-state index in [1.54, 1.807) is 0 Å². The fourth-order valence-electron chi connectivity index (χ4n) is 2.25. The van der Waals surface area contributed by atoms with Gasteiger partial charge in [-0.3, -0.25) is 4.90 Å². The summed E-state index contributed by atoms with van der Waals surface area (Å²) in [5.74, 6) is 0. The predicted octanol–water partition coefficient (Wildman–Crippen LogP) is 2.17. The number of hydrogen-bond acceptors (Lipinski definition) is 4. The molecule has 1 fully saturated rings. The minimum Gasteiger partial charge on any atom is -0.314 e. The van der Waals surface area contributed by atoms with Crippen LogP contribution in [0, 0.1) is 11.3 Å². The van der Waals surface area contributed by atoms with Gasteiger partial charge in [0.2, 0.25) is 0 Å². The van der Waals surface area contributed by atoms with Crippen molar-refractivity contribution in [1.29, 1.82) is 5.26 Å². The second kappa shape index (κ2) is 6.15. The van der Waals surface area contributed by atoms with Crippen molar-refractivity contribution in [3.05, 3.63) is 21.9 Å². The molecule has 1 N–H and O–H groups in total. The quantitative estimate of drug-likeness (QED) is 0.889. The number of aryl methyl sites for hydroxylation is 1. The summed E-state index contributed by atoms with van der Waals surface area (Å²) in [6, 6.07) is 7.04. The van der Waals surface area contributed by atoms with Crippen LogP contribution in [0.2, 0.25) is 0 Å². The number of hydrogen-bond donors (Lipinski definition) is 1. The average Bonchev–Trinajstić information content (AvgIpc) is 2.85. The molecule has 4 heteroatoms. The summed E-state index contributed by atoms with van der Waals surface area (Å²) in [5.41, 5.74) is 0. The minimum atomic E-state index is 0.299. The van der Waals surface area contributed by atoms with Crippen LogP contribution in [0.5, 0.6) is 0 Å². The first kappa shape index (κ1) is 12.6. The number of rotatable bonds is 4. The average molecular weight is 249 g/mol. The van der Waals surface area contributed by atoms with Crippen molar-refractivity contribution < 1.29 is 0 Å². The summed E-state index contributed by atoms with van der Waals surface area (Å²) >= 11 is 1.86. The highest BCUT2D eigenvalue weighted by Crippen LogP contribution is 2.30. The number of piperazine rings is 1. The van der Waals surface area contributed by atoms with Crippen LogP contribution in [0.25, 0.3) is 0 Å². The fourth-order valence-corrected chi connectivity index (χ4v) is 3.34. The second-order valence-corrected chi connectivity index (χ2v) is 5.52. The number of nitrogens with one attached hydrogen (secondary N) is 1. The lowest BCUT2D eigenvalue weighted by atomic mass is 10.1. The maximum absolute atomic E-state index is 9.00. The van der Waals surface area contributed by atoms with Crippen LogP contribution in [0.3, 0.4) is 0 Å². The molecule has 1 saturated heterocycles. The highest BCUT2D eigenvalue weighted by atomic mass is 32.1. The number of nitrogens with zero attached hydrogens (tertiary/aromatic N) is 2. The van der Waals surface area contributed by atoms with Gasteiger partial charge >= 0.3 is 0 Å². The molecular formula is C13H19N3S. The molecule has 0 aromatic carbocycles. The Labute approximate surface area is 107 Å². The molecule has 0 bridgehead atoms. The summed E-state index contributed by atoms with van der Waals surface area (Å²) in [7, 11) is 0. The lowest BCUT2D eigenvalue weighted by Gasteiger charge is -2.33. The van der Waals surface area contributed by atoms with Gasteiger partial charge in [-0.05, 0) is 18.6 Å². The Morgan fingerprint density at radius 1 is 1.47 bits per heavy atom. The van der Waals surface area contributed by atoms with Crippen LogP contribution < -0.4 is 5.32 Å². The van der Waals surface area contributed by atoms with Gasteiger partial charge in [0.15, 0.2) is 0 Å². The topological polar surface area (TPSA) is 39.1 Å². The SMILES string of the molecule is CCc1ccc([C@@H](CC#N)N2CCNCC2)s1. The van der Waals surface area contributed by atoms with E-state index in [0.29, 0.717) is 12.5 Å². The highest BCUT2D eigenvalue weighted by molar-refractivity contribution is 7.12. The summed E-state index contributed by atoms with van der Waals surface area (Å²) in [4.78, 5) is 5.20. The first-order valence-corrected chi connectivity index (χ1v) is 7.07. The van der Waals surface area contributed by atoms with Crippen molar-refractivity contribution in [3.63, 3.8) is 0 Å². The molecule has 1 atom stereocenters. The Hall–Kier alpha value is -0.890. The van der Waals surface area contributed by atoms with Crippen molar-refractivity contribution in [3.8, 4) is 6.07 Å². The molecule has 1 aromatic heterocycles. The largest absolute Gasteiger partial charge is 0.314 e. The molecule has 0 amide bonds. The van der Waals surface area contributed by atoms with Crippen molar-refractivity contribution in [2.24, 2.45) is 0 Å². The van der Waals surface area contributed by atoms with Crippen LogP contribution in [0.1, 0.15) is 29.1 Å². The normalized spacial score (nSPS) is 18.8. The first-order valence-electron chi connectivity index (χ1n) is 6.25. The van der Waals surface area contributed by atoms with E-state index in [4.69, 9.17) is 5.26 Å². The van der Waals surface area contributed by atoms with E-state index >= 15 is 0 Å². The highest BCUT2D eigenvalue weighted by Gasteiger charge is 2.23. The summed E-state index contributed by atoms with van der Waals surface area (Å²) in [5, 5.41) is 12.4. The zero-order valence-corrected chi connectivity index (χ0v) is 11.1. The zero-order valence-electron chi connectivity index (χ0n) is 10.3. The van der Waals surface area contributed by atoms with Gasteiger partial charge in [0.25, 0.3) is 0 Å². The third-order valence-electron chi connectivity index (χ3n) is 3.24. The fraction of sp³-hybridized carbons (Fsp3) is 0.615. The molecule has 0 aliphatic carbocycles. The van der Waals surface area contributed by atoms with Crippen molar-refractivity contribution >= 4 is 11.3 Å². The maximum atomic E-state index is 9.00. The van der Waals surface area contributed by atoms with E-state index in [0.717, 1.165) is 32.6 Å². The van der Waals surface area contributed by atoms with Gasteiger partial charge in [-0.2, -0.15) is 5.26 Å². The second-order valence-electron chi connectivity index (χ2n) is 4.32. The minimum absolute atomic E-state index is 0.299. The molecule has 1 aliphatic rings. The Morgan fingerprint density at radius 3 is 2.82 bits per heavy atom. The molecule has 0 unspecified atom stereocenters. The Balaban J connectivity index is 2.12. The van der Waals surface area contributed by atoms with Crippen molar-refractivity contribution in [1.82, 2.24) is 10.2 Å². The van der Waals surface area contributed by atoms with Crippen LogP contribution in [0.15, 0.2) is 12.1 Å².